The largest absolute Gasteiger partial charge is 0.329 e. The average Bonchev–Trinajstić information content (AvgIpc) is 2.72. The molecule has 0 radical (unpaired) electrons. The maximum atomic E-state index is 6.20. The first-order valence-corrected chi connectivity index (χ1v) is 8.24. The van der Waals surface area contributed by atoms with E-state index in [9.17, 15) is 0 Å². The van der Waals surface area contributed by atoms with Crippen molar-refractivity contribution in [3.05, 3.63) is 30.1 Å². The van der Waals surface area contributed by atoms with Crippen molar-refractivity contribution in [1.82, 2.24) is 14.8 Å². The topological polar surface area (TPSA) is 45.4 Å². The molecule has 0 saturated carbocycles. The minimum absolute atomic E-state index is 0.125. The summed E-state index contributed by atoms with van der Waals surface area (Å²) in [5.74, 6) is 0. The number of nitrogens with two attached hydrogens (primary N) is 1. The predicted molar refractivity (Wildman–Crippen MR) is 88.1 cm³/mol. The zero-order chi connectivity index (χ0) is 15.1. The molecule has 1 saturated heterocycles. The number of nitrogens with zero attached hydrogens (tertiary/aromatic N) is 3. The van der Waals surface area contributed by atoms with Crippen molar-refractivity contribution in [2.24, 2.45) is 5.73 Å². The van der Waals surface area contributed by atoms with E-state index in [4.69, 9.17) is 5.73 Å². The normalized spacial score (nSPS) is 24.2. The zero-order valence-corrected chi connectivity index (χ0v) is 13.6. The molecule has 0 amide bonds. The third-order valence-electron chi connectivity index (χ3n) is 4.86. The molecule has 0 aromatic carbocycles. The maximum absolute atomic E-state index is 6.20. The molecule has 2 rings (SSSR count). The van der Waals surface area contributed by atoms with Gasteiger partial charge in [-0.25, -0.2) is 0 Å². The van der Waals surface area contributed by atoms with Crippen LogP contribution in [0.5, 0.6) is 0 Å². The zero-order valence-electron chi connectivity index (χ0n) is 13.6. The van der Waals surface area contributed by atoms with Crippen LogP contribution in [0.3, 0.4) is 0 Å². The first-order chi connectivity index (χ1) is 10.2. The number of likely N-dealkylation sites (N-methyl/N-ethyl adjacent to an activating group) is 1. The van der Waals surface area contributed by atoms with Crippen molar-refractivity contribution in [2.45, 2.75) is 44.7 Å². The predicted octanol–water partition coefficient (Wildman–Crippen LogP) is 2.11. The molecule has 0 bridgehead atoms. The van der Waals surface area contributed by atoms with E-state index in [-0.39, 0.29) is 5.54 Å². The number of pyridine rings is 1. The highest BCUT2D eigenvalue weighted by Crippen LogP contribution is 2.28. The Morgan fingerprint density at radius 1 is 1.33 bits per heavy atom. The lowest BCUT2D eigenvalue weighted by Crippen LogP contribution is -2.52. The fourth-order valence-corrected chi connectivity index (χ4v) is 3.42. The molecule has 0 spiro atoms. The van der Waals surface area contributed by atoms with Gasteiger partial charge < -0.3 is 10.6 Å². The summed E-state index contributed by atoms with van der Waals surface area (Å²) in [6.07, 6.45) is 6.69. The van der Waals surface area contributed by atoms with Gasteiger partial charge in [-0.3, -0.25) is 9.88 Å². The molecule has 2 heterocycles. The summed E-state index contributed by atoms with van der Waals surface area (Å²) in [5.41, 5.74) is 7.45. The van der Waals surface area contributed by atoms with Gasteiger partial charge >= 0.3 is 0 Å². The second kappa shape index (κ2) is 7.87. The molecule has 0 aliphatic carbocycles. The molecular weight excluding hydrogens is 260 g/mol. The molecule has 21 heavy (non-hydrogen) atoms. The van der Waals surface area contributed by atoms with Crippen LogP contribution in [-0.4, -0.2) is 53.5 Å². The number of aromatic nitrogens is 1. The van der Waals surface area contributed by atoms with E-state index in [0.717, 1.165) is 31.7 Å². The van der Waals surface area contributed by atoms with Gasteiger partial charge in [0, 0.05) is 24.8 Å². The molecule has 118 valence electrons. The fraction of sp³-hybridized carbons (Fsp3) is 0.706. The van der Waals surface area contributed by atoms with Crippen LogP contribution in [0.25, 0.3) is 0 Å². The van der Waals surface area contributed by atoms with Gasteiger partial charge in [0.15, 0.2) is 0 Å². The summed E-state index contributed by atoms with van der Waals surface area (Å²) in [5, 5.41) is 0. The van der Waals surface area contributed by atoms with E-state index < -0.39 is 0 Å². The van der Waals surface area contributed by atoms with E-state index in [0.29, 0.717) is 0 Å². The number of likely N-dealkylation sites (tertiary alicyclic amines) is 1. The Balaban J connectivity index is 2.02. The molecular formula is C17H30N4. The smallest absolute Gasteiger partial charge is 0.0544 e. The number of rotatable bonds is 6. The third kappa shape index (κ3) is 4.25. The Morgan fingerprint density at radius 2 is 2.19 bits per heavy atom. The van der Waals surface area contributed by atoms with Crippen LogP contribution in [0.15, 0.2) is 24.4 Å². The molecule has 4 heteroatoms. The second-order valence-corrected chi connectivity index (χ2v) is 6.30. The molecule has 4 nitrogen and oxygen atoms in total. The van der Waals surface area contributed by atoms with Crippen molar-refractivity contribution in [1.29, 1.82) is 0 Å². The maximum Gasteiger partial charge on any atom is 0.0544 e. The molecule has 1 aliphatic heterocycles. The van der Waals surface area contributed by atoms with Crippen LogP contribution in [0.1, 0.15) is 38.3 Å². The summed E-state index contributed by atoms with van der Waals surface area (Å²) >= 11 is 0. The molecule has 2 N–H and O–H groups in total. The highest BCUT2D eigenvalue weighted by atomic mass is 15.2. The van der Waals surface area contributed by atoms with Crippen molar-refractivity contribution in [3.8, 4) is 0 Å². The number of hydrogen-bond acceptors (Lipinski definition) is 4. The standard InChI is InChI=1S/C17H30N4/c1-3-11-21-12-6-8-17(15-18,9-13-21)20(2)14-16-7-4-5-10-19-16/h4-5,7,10H,3,6,8-9,11-15,18H2,1-2H3. The SMILES string of the molecule is CCCN1CCCC(CN)(N(C)Cc2ccccn2)CC1. The molecule has 1 atom stereocenters. The lowest BCUT2D eigenvalue weighted by molar-refractivity contribution is 0.0979. The Hall–Kier alpha value is -0.970. The van der Waals surface area contributed by atoms with E-state index in [1.54, 1.807) is 0 Å². The Kier molecular flexibility index (Phi) is 6.15. The lowest BCUT2D eigenvalue weighted by atomic mass is 9.88. The summed E-state index contributed by atoms with van der Waals surface area (Å²) < 4.78 is 0. The van der Waals surface area contributed by atoms with Crippen LogP contribution in [0, 0.1) is 0 Å². The Labute approximate surface area is 129 Å². The molecule has 1 aliphatic rings. The minimum Gasteiger partial charge on any atom is -0.329 e. The summed E-state index contributed by atoms with van der Waals surface area (Å²) in [6.45, 7) is 7.46. The highest BCUT2D eigenvalue weighted by Gasteiger charge is 2.35. The van der Waals surface area contributed by atoms with Crippen LogP contribution in [0.2, 0.25) is 0 Å². The lowest BCUT2D eigenvalue weighted by Gasteiger charge is -2.40. The number of hydrogen-bond donors (Lipinski definition) is 1. The Morgan fingerprint density at radius 3 is 2.86 bits per heavy atom. The van der Waals surface area contributed by atoms with E-state index in [2.05, 4.69) is 40.9 Å². The van der Waals surface area contributed by atoms with Crippen molar-refractivity contribution in [2.75, 3.05) is 33.2 Å². The summed E-state index contributed by atoms with van der Waals surface area (Å²) in [6, 6.07) is 6.12. The molecule has 1 fully saturated rings. The van der Waals surface area contributed by atoms with E-state index in [1.165, 1.54) is 32.4 Å². The highest BCUT2D eigenvalue weighted by molar-refractivity contribution is 5.05. The quantitative estimate of drug-likeness (QED) is 0.871. The van der Waals surface area contributed by atoms with Crippen molar-refractivity contribution in [3.63, 3.8) is 0 Å². The van der Waals surface area contributed by atoms with Crippen molar-refractivity contribution >= 4 is 0 Å². The third-order valence-corrected chi connectivity index (χ3v) is 4.86. The van der Waals surface area contributed by atoms with Crippen LogP contribution >= 0.6 is 0 Å². The second-order valence-electron chi connectivity index (χ2n) is 6.30. The van der Waals surface area contributed by atoms with Gasteiger partial charge in [-0.05, 0) is 64.5 Å². The van der Waals surface area contributed by atoms with Crippen molar-refractivity contribution < 1.29 is 0 Å². The molecule has 1 aromatic heterocycles. The van der Waals surface area contributed by atoms with Gasteiger partial charge in [0.25, 0.3) is 0 Å². The monoisotopic (exact) mass is 290 g/mol. The average molecular weight is 290 g/mol. The van der Waals surface area contributed by atoms with Crippen LogP contribution in [-0.2, 0) is 6.54 Å². The molecule has 1 aromatic rings. The summed E-state index contributed by atoms with van der Waals surface area (Å²) in [7, 11) is 2.21. The van der Waals surface area contributed by atoms with Gasteiger partial charge in [0.2, 0.25) is 0 Å². The van der Waals surface area contributed by atoms with E-state index in [1.807, 2.05) is 12.3 Å². The van der Waals surface area contributed by atoms with Crippen LogP contribution < -0.4 is 5.73 Å². The van der Waals surface area contributed by atoms with Gasteiger partial charge in [0.1, 0.15) is 0 Å². The minimum atomic E-state index is 0.125. The first-order valence-electron chi connectivity index (χ1n) is 8.24. The van der Waals surface area contributed by atoms with E-state index >= 15 is 0 Å². The van der Waals surface area contributed by atoms with Gasteiger partial charge in [-0.1, -0.05) is 13.0 Å². The fourth-order valence-electron chi connectivity index (χ4n) is 3.42. The summed E-state index contributed by atoms with van der Waals surface area (Å²) in [4.78, 5) is 9.48. The first kappa shape index (κ1) is 16.4. The van der Waals surface area contributed by atoms with Gasteiger partial charge in [0.05, 0.1) is 5.69 Å². The molecule has 1 unspecified atom stereocenters. The van der Waals surface area contributed by atoms with Crippen LogP contribution in [0.4, 0.5) is 0 Å². The Bertz CT molecular complexity index is 409. The van der Waals surface area contributed by atoms with Gasteiger partial charge in [-0.15, -0.1) is 0 Å². The van der Waals surface area contributed by atoms with Gasteiger partial charge in [-0.2, -0.15) is 0 Å².